The van der Waals surface area contributed by atoms with Gasteiger partial charge in [-0.2, -0.15) is 0 Å². The zero-order valence-corrected chi connectivity index (χ0v) is 12.7. The molecule has 0 aliphatic carbocycles. The molecule has 1 amide bonds. The number of nitrogens with one attached hydrogen (secondary N) is 1. The average Bonchev–Trinajstić information content (AvgIpc) is 2.58. The normalized spacial score (nSPS) is 10.1. The summed E-state index contributed by atoms with van der Waals surface area (Å²) in [5, 5.41) is 12.9. The van der Waals surface area contributed by atoms with Gasteiger partial charge in [0.25, 0.3) is 0 Å². The van der Waals surface area contributed by atoms with Crippen LogP contribution in [0.3, 0.4) is 0 Å². The van der Waals surface area contributed by atoms with Gasteiger partial charge in [-0.1, -0.05) is 48.5 Å². The van der Waals surface area contributed by atoms with E-state index in [1.54, 1.807) is 0 Å². The van der Waals surface area contributed by atoms with Gasteiger partial charge in [-0.05, 0) is 18.1 Å². The van der Waals surface area contributed by atoms with E-state index in [0.717, 1.165) is 16.9 Å². The Balaban J connectivity index is 1.85. The van der Waals surface area contributed by atoms with E-state index in [1.807, 2.05) is 54.6 Å². The molecule has 0 aromatic heterocycles. The van der Waals surface area contributed by atoms with Crippen LogP contribution in [-0.2, 0) is 9.59 Å². The molecule has 120 valence electrons. The molecule has 0 saturated carbocycles. The number of aliphatic carboxylic acids is 1. The van der Waals surface area contributed by atoms with E-state index >= 15 is 0 Å². The summed E-state index contributed by atoms with van der Waals surface area (Å²) in [6, 6.07) is 17.6. The first-order valence-corrected chi connectivity index (χ1v) is 7.40. The van der Waals surface area contributed by atoms with E-state index in [9.17, 15) is 14.7 Å². The number of carbonyl (C=O) groups is 2. The van der Waals surface area contributed by atoms with Gasteiger partial charge in [0.15, 0.2) is 0 Å². The second kappa shape index (κ2) is 8.58. The number of amides is 1. The van der Waals surface area contributed by atoms with Crippen molar-refractivity contribution in [1.29, 1.82) is 0 Å². The zero-order valence-electron chi connectivity index (χ0n) is 12.7. The molecule has 0 aliphatic heterocycles. The van der Waals surface area contributed by atoms with Crippen LogP contribution in [0.5, 0.6) is 5.75 Å². The van der Waals surface area contributed by atoms with Crippen molar-refractivity contribution in [2.45, 2.75) is 12.8 Å². The quantitative estimate of drug-likeness (QED) is 0.747. The van der Waals surface area contributed by atoms with Gasteiger partial charge in [-0.3, -0.25) is 4.79 Å². The number of para-hydroxylation sites is 1. The van der Waals surface area contributed by atoms with E-state index < -0.39 is 5.97 Å². The predicted octanol–water partition coefficient (Wildman–Crippen LogP) is 1.38. The second-order valence-electron chi connectivity index (χ2n) is 4.93. The number of ether oxygens (including phenoxy) is 1. The summed E-state index contributed by atoms with van der Waals surface area (Å²) in [6.45, 7) is 0.621. The van der Waals surface area contributed by atoms with Crippen molar-refractivity contribution in [2.24, 2.45) is 0 Å². The van der Waals surface area contributed by atoms with Crippen LogP contribution >= 0.6 is 0 Å². The monoisotopic (exact) mass is 312 g/mol. The highest BCUT2D eigenvalue weighted by molar-refractivity contribution is 5.79. The van der Waals surface area contributed by atoms with Crippen molar-refractivity contribution < 1.29 is 19.4 Å². The maximum Gasteiger partial charge on any atom is 0.220 e. The number of hydrogen-bond donors (Lipinski definition) is 1. The van der Waals surface area contributed by atoms with Crippen LogP contribution in [0, 0.1) is 0 Å². The Hall–Kier alpha value is -2.82. The first kappa shape index (κ1) is 16.5. The van der Waals surface area contributed by atoms with E-state index in [0.29, 0.717) is 13.2 Å². The number of hydrogen-bond acceptors (Lipinski definition) is 4. The molecule has 2 aromatic carbocycles. The summed E-state index contributed by atoms with van der Waals surface area (Å²) in [4.78, 5) is 21.7. The van der Waals surface area contributed by atoms with Crippen LogP contribution in [0.25, 0.3) is 11.1 Å². The van der Waals surface area contributed by atoms with E-state index in [2.05, 4.69) is 5.32 Å². The minimum atomic E-state index is -1.23. The van der Waals surface area contributed by atoms with Crippen LogP contribution in [-0.4, -0.2) is 25.0 Å². The fourth-order valence-corrected chi connectivity index (χ4v) is 2.10. The SMILES string of the molecule is O=C([O-])CCC(=O)NCCOc1ccccc1-c1ccccc1. The molecule has 5 heteroatoms. The highest BCUT2D eigenvalue weighted by Crippen LogP contribution is 2.29. The summed E-state index contributed by atoms with van der Waals surface area (Å²) in [5.41, 5.74) is 2.04. The Morgan fingerprint density at radius 2 is 1.65 bits per heavy atom. The van der Waals surface area contributed by atoms with Crippen molar-refractivity contribution in [3.05, 3.63) is 54.6 Å². The number of carbonyl (C=O) groups excluding carboxylic acids is 2. The Kier molecular flexibility index (Phi) is 6.17. The predicted molar refractivity (Wildman–Crippen MR) is 84.6 cm³/mol. The zero-order chi connectivity index (χ0) is 16.5. The highest BCUT2D eigenvalue weighted by Gasteiger charge is 2.05. The molecule has 0 heterocycles. The van der Waals surface area contributed by atoms with E-state index in [-0.39, 0.29) is 18.7 Å². The Labute approximate surface area is 134 Å². The molecular weight excluding hydrogens is 294 g/mol. The molecule has 1 N–H and O–H groups in total. The third-order valence-electron chi connectivity index (χ3n) is 3.21. The maximum atomic E-state index is 11.4. The summed E-state index contributed by atoms with van der Waals surface area (Å²) in [5.74, 6) is -0.815. The average molecular weight is 312 g/mol. The van der Waals surface area contributed by atoms with Gasteiger partial charge in [0.2, 0.25) is 5.91 Å². The Morgan fingerprint density at radius 3 is 2.39 bits per heavy atom. The first-order chi connectivity index (χ1) is 11.2. The second-order valence-corrected chi connectivity index (χ2v) is 4.93. The van der Waals surface area contributed by atoms with Crippen LogP contribution in [0.2, 0.25) is 0 Å². The first-order valence-electron chi connectivity index (χ1n) is 7.40. The Bertz CT molecular complexity index is 655. The topological polar surface area (TPSA) is 78.5 Å². The number of carboxylic acids is 1. The van der Waals surface area contributed by atoms with E-state index in [4.69, 9.17) is 4.74 Å². The highest BCUT2D eigenvalue weighted by atomic mass is 16.5. The van der Waals surface area contributed by atoms with Crippen molar-refractivity contribution in [1.82, 2.24) is 5.32 Å². The third kappa shape index (κ3) is 5.47. The van der Waals surface area contributed by atoms with Crippen molar-refractivity contribution in [3.63, 3.8) is 0 Å². The molecule has 0 unspecified atom stereocenters. The minimum Gasteiger partial charge on any atom is -0.550 e. The van der Waals surface area contributed by atoms with Gasteiger partial charge in [0, 0.05) is 18.0 Å². The number of benzene rings is 2. The molecule has 0 aliphatic rings. The van der Waals surface area contributed by atoms with Crippen LogP contribution in [0.4, 0.5) is 0 Å². The summed E-state index contributed by atoms with van der Waals surface area (Å²) < 4.78 is 5.72. The largest absolute Gasteiger partial charge is 0.550 e. The molecule has 5 nitrogen and oxygen atoms in total. The molecule has 2 rings (SSSR count). The van der Waals surface area contributed by atoms with E-state index in [1.165, 1.54) is 0 Å². The third-order valence-corrected chi connectivity index (χ3v) is 3.21. The Morgan fingerprint density at radius 1 is 0.957 bits per heavy atom. The van der Waals surface area contributed by atoms with Crippen LogP contribution in [0.15, 0.2) is 54.6 Å². The molecule has 0 saturated heterocycles. The smallest absolute Gasteiger partial charge is 0.220 e. The summed E-state index contributed by atoms with van der Waals surface area (Å²) >= 11 is 0. The van der Waals surface area contributed by atoms with Crippen LogP contribution < -0.4 is 15.2 Å². The molecule has 0 atom stereocenters. The lowest BCUT2D eigenvalue weighted by Gasteiger charge is -2.12. The molecule has 23 heavy (non-hydrogen) atoms. The van der Waals surface area contributed by atoms with Gasteiger partial charge in [0.1, 0.15) is 12.4 Å². The maximum absolute atomic E-state index is 11.4. The molecule has 0 fully saturated rings. The van der Waals surface area contributed by atoms with Crippen LogP contribution in [0.1, 0.15) is 12.8 Å². The van der Waals surface area contributed by atoms with Gasteiger partial charge >= 0.3 is 0 Å². The van der Waals surface area contributed by atoms with Gasteiger partial charge in [-0.25, -0.2) is 0 Å². The fraction of sp³-hybridized carbons (Fsp3) is 0.222. The molecule has 2 aromatic rings. The van der Waals surface area contributed by atoms with Crippen molar-refractivity contribution in [3.8, 4) is 16.9 Å². The van der Waals surface area contributed by atoms with Crippen molar-refractivity contribution >= 4 is 11.9 Å². The van der Waals surface area contributed by atoms with Gasteiger partial charge in [-0.15, -0.1) is 0 Å². The molecule has 0 radical (unpaired) electrons. The lowest BCUT2D eigenvalue weighted by molar-refractivity contribution is -0.305. The lowest BCUT2D eigenvalue weighted by atomic mass is 10.1. The minimum absolute atomic E-state index is 0.0804. The lowest BCUT2D eigenvalue weighted by Crippen LogP contribution is -2.30. The molecule has 0 spiro atoms. The number of rotatable bonds is 8. The summed E-state index contributed by atoms with van der Waals surface area (Å²) in [6.07, 6.45) is -0.355. The summed E-state index contributed by atoms with van der Waals surface area (Å²) in [7, 11) is 0. The molecular formula is C18H18NO4-. The van der Waals surface area contributed by atoms with Gasteiger partial charge < -0.3 is 20.0 Å². The number of carboxylic acid groups (broad SMARTS) is 1. The fourth-order valence-electron chi connectivity index (χ4n) is 2.10. The molecule has 0 bridgehead atoms. The standard InChI is InChI=1S/C18H19NO4/c20-17(10-11-18(21)22)19-12-13-23-16-9-5-4-8-15(16)14-6-2-1-3-7-14/h1-9H,10-13H2,(H,19,20)(H,21,22)/p-1. The van der Waals surface area contributed by atoms with Crippen molar-refractivity contribution in [2.75, 3.05) is 13.2 Å². The van der Waals surface area contributed by atoms with Gasteiger partial charge in [0.05, 0.1) is 6.54 Å².